The Labute approximate surface area is 131 Å². The lowest BCUT2D eigenvalue weighted by atomic mass is 10.1. The van der Waals surface area contributed by atoms with Crippen molar-refractivity contribution in [2.24, 2.45) is 0 Å². The summed E-state index contributed by atoms with van der Waals surface area (Å²) >= 11 is 0. The number of methoxy groups -OCH3 is 2. The van der Waals surface area contributed by atoms with Gasteiger partial charge in [-0.25, -0.2) is 14.0 Å². The number of rotatable bonds is 3. The van der Waals surface area contributed by atoms with Crippen molar-refractivity contribution < 1.29 is 28.6 Å². The zero-order chi connectivity index (χ0) is 17.0. The summed E-state index contributed by atoms with van der Waals surface area (Å²) in [7, 11) is 2.30. The molecule has 0 aliphatic carbocycles. The molecule has 0 bridgehead atoms. The summed E-state index contributed by atoms with van der Waals surface area (Å²) in [5, 5.41) is 9.58. The fraction of sp³-hybridized carbons (Fsp3) is 0.125. The fourth-order valence-electron chi connectivity index (χ4n) is 2.04. The number of anilines is 1. The summed E-state index contributed by atoms with van der Waals surface area (Å²) in [6, 6.07) is 3.34. The highest BCUT2D eigenvalue weighted by Gasteiger charge is 2.28. The minimum atomic E-state index is -0.857. The largest absolute Gasteiger partial charge is 0.508 e. The van der Waals surface area contributed by atoms with Crippen molar-refractivity contribution >= 4 is 17.6 Å². The molecule has 0 atom stereocenters. The molecular formula is C16H14FNO5. The lowest BCUT2D eigenvalue weighted by molar-refractivity contribution is -0.139. The summed E-state index contributed by atoms with van der Waals surface area (Å²) in [5.74, 6) is -2.53. The maximum absolute atomic E-state index is 14.1. The van der Waals surface area contributed by atoms with Crippen LogP contribution in [0, 0.1) is 5.82 Å². The molecule has 6 nitrogen and oxygen atoms in total. The SMILES string of the molecule is COC(=O)C1=C(C(=O)OC)N(c2cc(O)ccc2F)C=CC=C1. The lowest BCUT2D eigenvalue weighted by Crippen LogP contribution is -2.27. The van der Waals surface area contributed by atoms with Crippen molar-refractivity contribution in [3.63, 3.8) is 0 Å². The Bertz CT molecular complexity index is 736. The summed E-state index contributed by atoms with van der Waals surface area (Å²) in [6.45, 7) is 0. The summed E-state index contributed by atoms with van der Waals surface area (Å²) in [5.41, 5.74) is -0.451. The number of allylic oxidation sites excluding steroid dienone is 2. The van der Waals surface area contributed by atoms with E-state index in [2.05, 4.69) is 4.74 Å². The maximum atomic E-state index is 14.1. The van der Waals surface area contributed by atoms with Crippen molar-refractivity contribution in [2.45, 2.75) is 0 Å². The second kappa shape index (κ2) is 6.78. The first-order valence-corrected chi connectivity index (χ1v) is 6.53. The van der Waals surface area contributed by atoms with Gasteiger partial charge < -0.3 is 19.5 Å². The topological polar surface area (TPSA) is 76.1 Å². The van der Waals surface area contributed by atoms with Gasteiger partial charge in [0.2, 0.25) is 0 Å². The molecule has 1 aromatic carbocycles. The minimum absolute atomic E-state index is 0.105. The Morgan fingerprint density at radius 3 is 2.48 bits per heavy atom. The van der Waals surface area contributed by atoms with Crippen LogP contribution in [0.15, 0.2) is 53.9 Å². The smallest absolute Gasteiger partial charge is 0.355 e. The predicted octanol–water partition coefficient (Wildman–Crippen LogP) is 2.02. The Hall–Kier alpha value is -3.09. The average molecular weight is 319 g/mol. The number of hydrogen-bond acceptors (Lipinski definition) is 6. The Kier molecular flexibility index (Phi) is 4.80. The molecule has 1 heterocycles. The molecule has 120 valence electrons. The van der Waals surface area contributed by atoms with Crippen LogP contribution < -0.4 is 4.90 Å². The molecule has 0 spiro atoms. The van der Waals surface area contributed by atoms with E-state index >= 15 is 0 Å². The van der Waals surface area contributed by atoms with Crippen LogP contribution in [-0.2, 0) is 19.1 Å². The van der Waals surface area contributed by atoms with Gasteiger partial charge in [0.15, 0.2) is 0 Å². The van der Waals surface area contributed by atoms with Crippen LogP contribution in [0.1, 0.15) is 0 Å². The molecule has 0 aromatic heterocycles. The van der Waals surface area contributed by atoms with E-state index in [1.807, 2.05) is 0 Å². The van der Waals surface area contributed by atoms with Gasteiger partial charge in [0.1, 0.15) is 17.3 Å². The normalized spacial score (nSPS) is 13.8. The van der Waals surface area contributed by atoms with E-state index in [0.717, 1.165) is 31.3 Å². The van der Waals surface area contributed by atoms with Crippen LogP contribution in [-0.4, -0.2) is 31.3 Å². The van der Waals surface area contributed by atoms with Gasteiger partial charge in [-0.05, 0) is 24.3 Å². The van der Waals surface area contributed by atoms with Crippen LogP contribution in [0.3, 0.4) is 0 Å². The highest BCUT2D eigenvalue weighted by Crippen LogP contribution is 2.30. The number of benzene rings is 1. The number of nitrogens with zero attached hydrogens (tertiary/aromatic N) is 1. The quantitative estimate of drug-likeness (QED) is 0.859. The van der Waals surface area contributed by atoms with E-state index in [0.29, 0.717) is 0 Å². The number of carbonyl (C=O) groups excluding carboxylic acids is 2. The Morgan fingerprint density at radius 2 is 1.83 bits per heavy atom. The van der Waals surface area contributed by atoms with Crippen molar-refractivity contribution in [1.29, 1.82) is 0 Å². The van der Waals surface area contributed by atoms with Gasteiger partial charge in [0.05, 0.1) is 25.5 Å². The molecule has 0 fully saturated rings. The standard InChI is InChI=1S/C16H14FNO5/c1-22-15(20)11-5-3-4-8-18(14(11)16(21)23-2)13-9-10(19)6-7-12(13)17/h3-9,19H,1-2H3. The highest BCUT2D eigenvalue weighted by atomic mass is 19.1. The van der Waals surface area contributed by atoms with Gasteiger partial charge in [-0.2, -0.15) is 0 Å². The molecule has 1 aliphatic heterocycles. The van der Waals surface area contributed by atoms with Gasteiger partial charge in [-0.1, -0.05) is 6.08 Å². The number of ether oxygens (including phenoxy) is 2. The number of aromatic hydroxyl groups is 1. The zero-order valence-electron chi connectivity index (χ0n) is 12.4. The first-order valence-electron chi connectivity index (χ1n) is 6.53. The molecular weight excluding hydrogens is 305 g/mol. The molecule has 1 aliphatic rings. The van der Waals surface area contributed by atoms with E-state index in [1.165, 1.54) is 30.5 Å². The van der Waals surface area contributed by atoms with E-state index < -0.39 is 17.8 Å². The Balaban J connectivity index is 2.71. The van der Waals surface area contributed by atoms with E-state index in [-0.39, 0.29) is 22.7 Å². The number of carbonyl (C=O) groups is 2. The van der Waals surface area contributed by atoms with Crippen molar-refractivity contribution in [3.8, 4) is 5.75 Å². The van der Waals surface area contributed by atoms with Crippen LogP contribution in [0.5, 0.6) is 5.75 Å². The molecule has 0 saturated carbocycles. The molecule has 0 amide bonds. The van der Waals surface area contributed by atoms with Crippen LogP contribution in [0.4, 0.5) is 10.1 Å². The molecule has 0 saturated heterocycles. The Morgan fingerprint density at radius 1 is 1.13 bits per heavy atom. The summed E-state index contributed by atoms with van der Waals surface area (Å²) in [6.07, 6.45) is 5.73. The second-order valence-corrected chi connectivity index (χ2v) is 4.45. The summed E-state index contributed by atoms with van der Waals surface area (Å²) < 4.78 is 23.5. The third-order valence-electron chi connectivity index (χ3n) is 3.08. The van der Waals surface area contributed by atoms with Gasteiger partial charge in [-0.15, -0.1) is 0 Å². The molecule has 7 heteroatoms. The molecule has 2 rings (SSSR count). The monoisotopic (exact) mass is 319 g/mol. The molecule has 0 unspecified atom stereocenters. The number of halogens is 1. The third-order valence-corrected chi connectivity index (χ3v) is 3.08. The average Bonchev–Trinajstić information content (AvgIpc) is 2.78. The van der Waals surface area contributed by atoms with E-state index in [4.69, 9.17) is 4.74 Å². The lowest BCUT2D eigenvalue weighted by Gasteiger charge is -2.23. The number of hydrogen-bond donors (Lipinski definition) is 1. The number of esters is 2. The van der Waals surface area contributed by atoms with Crippen molar-refractivity contribution in [2.75, 3.05) is 19.1 Å². The molecule has 0 radical (unpaired) electrons. The molecule has 1 N–H and O–H groups in total. The first kappa shape index (κ1) is 16.3. The summed E-state index contributed by atoms with van der Waals surface area (Å²) in [4.78, 5) is 25.2. The molecule has 1 aromatic rings. The van der Waals surface area contributed by atoms with Crippen molar-refractivity contribution in [3.05, 3.63) is 59.7 Å². The molecule has 23 heavy (non-hydrogen) atoms. The zero-order valence-corrected chi connectivity index (χ0v) is 12.4. The van der Waals surface area contributed by atoms with Gasteiger partial charge in [-0.3, -0.25) is 0 Å². The second-order valence-electron chi connectivity index (χ2n) is 4.45. The first-order chi connectivity index (χ1) is 11.0. The number of phenolic OH excluding ortho intramolecular Hbond substituents is 1. The van der Waals surface area contributed by atoms with E-state index in [1.54, 1.807) is 0 Å². The van der Waals surface area contributed by atoms with Gasteiger partial charge in [0.25, 0.3) is 0 Å². The van der Waals surface area contributed by atoms with Crippen LogP contribution >= 0.6 is 0 Å². The predicted molar refractivity (Wildman–Crippen MR) is 79.9 cm³/mol. The van der Waals surface area contributed by atoms with Crippen molar-refractivity contribution in [1.82, 2.24) is 0 Å². The van der Waals surface area contributed by atoms with Gasteiger partial charge in [0, 0.05) is 12.3 Å². The van der Waals surface area contributed by atoms with Gasteiger partial charge >= 0.3 is 11.9 Å². The van der Waals surface area contributed by atoms with Crippen LogP contribution in [0.25, 0.3) is 0 Å². The highest BCUT2D eigenvalue weighted by molar-refractivity contribution is 6.05. The fourth-order valence-corrected chi connectivity index (χ4v) is 2.04. The third kappa shape index (κ3) is 3.23. The van der Waals surface area contributed by atoms with E-state index in [9.17, 15) is 19.1 Å². The number of phenols is 1. The minimum Gasteiger partial charge on any atom is -0.508 e. The maximum Gasteiger partial charge on any atom is 0.355 e. The van der Waals surface area contributed by atoms with Crippen LogP contribution in [0.2, 0.25) is 0 Å².